The van der Waals surface area contributed by atoms with Gasteiger partial charge >= 0.3 is 0 Å². The summed E-state index contributed by atoms with van der Waals surface area (Å²) in [6.07, 6.45) is 3.05. The van der Waals surface area contributed by atoms with Crippen LogP contribution in [0, 0.1) is 11.8 Å². The first-order valence-electron chi connectivity index (χ1n) is 6.85. The van der Waals surface area contributed by atoms with Crippen molar-refractivity contribution in [3.8, 4) is 0 Å². The number of carbonyl (C=O) groups excluding carboxylic acids is 1. The molecule has 0 radical (unpaired) electrons. The third-order valence-electron chi connectivity index (χ3n) is 3.78. The smallest absolute Gasteiger partial charge is 0.220 e. The minimum atomic E-state index is 0.176. The van der Waals surface area contributed by atoms with Gasteiger partial charge in [0.2, 0.25) is 5.91 Å². The first-order valence-corrected chi connectivity index (χ1v) is 8.52. The molecule has 0 bridgehead atoms. The third kappa shape index (κ3) is 4.89. The Bertz CT molecular complexity index is 415. The highest BCUT2D eigenvalue weighted by molar-refractivity contribution is 9.10. The van der Waals surface area contributed by atoms with Crippen molar-refractivity contribution >= 4 is 33.2 Å². The van der Waals surface area contributed by atoms with Crippen molar-refractivity contribution in [1.29, 1.82) is 0 Å². The van der Waals surface area contributed by atoms with Gasteiger partial charge in [-0.1, -0.05) is 6.92 Å². The predicted octanol–water partition coefficient (Wildman–Crippen LogP) is 3.15. The molecule has 106 valence electrons. The molecule has 1 fully saturated rings. The van der Waals surface area contributed by atoms with Crippen LogP contribution >= 0.6 is 27.3 Å². The number of carbonyl (C=O) groups is 1. The predicted molar refractivity (Wildman–Crippen MR) is 83.2 cm³/mol. The van der Waals surface area contributed by atoms with Crippen molar-refractivity contribution in [1.82, 2.24) is 10.6 Å². The van der Waals surface area contributed by atoms with Crippen LogP contribution < -0.4 is 10.6 Å². The van der Waals surface area contributed by atoms with E-state index in [-0.39, 0.29) is 5.91 Å². The van der Waals surface area contributed by atoms with E-state index in [1.165, 1.54) is 17.7 Å². The van der Waals surface area contributed by atoms with E-state index in [0.29, 0.717) is 24.8 Å². The lowest BCUT2D eigenvalue weighted by atomic mass is 9.84. The maximum absolute atomic E-state index is 11.9. The lowest BCUT2D eigenvalue weighted by Crippen LogP contribution is -2.33. The Labute approximate surface area is 127 Å². The molecule has 1 unspecified atom stereocenters. The van der Waals surface area contributed by atoms with Crippen LogP contribution in [0.15, 0.2) is 15.9 Å². The summed E-state index contributed by atoms with van der Waals surface area (Å²) in [6, 6.07) is 2.06. The number of halogens is 1. The molecule has 2 N–H and O–H groups in total. The highest BCUT2D eigenvalue weighted by Gasteiger charge is 2.21. The quantitative estimate of drug-likeness (QED) is 0.861. The van der Waals surface area contributed by atoms with Crippen LogP contribution in [0.3, 0.4) is 0 Å². The summed E-state index contributed by atoms with van der Waals surface area (Å²) in [7, 11) is 0. The molecule has 1 amide bonds. The van der Waals surface area contributed by atoms with E-state index in [2.05, 4.69) is 39.6 Å². The Morgan fingerprint density at radius 2 is 2.32 bits per heavy atom. The van der Waals surface area contributed by atoms with Gasteiger partial charge in [-0.25, -0.2) is 0 Å². The fraction of sp³-hybridized carbons (Fsp3) is 0.643. The summed E-state index contributed by atoms with van der Waals surface area (Å²) < 4.78 is 1.09. The Morgan fingerprint density at radius 3 is 2.95 bits per heavy atom. The topological polar surface area (TPSA) is 41.1 Å². The largest absolute Gasteiger partial charge is 0.351 e. The molecule has 1 aliphatic rings. The fourth-order valence-electron chi connectivity index (χ4n) is 2.58. The molecule has 1 aromatic rings. The van der Waals surface area contributed by atoms with E-state index < -0.39 is 0 Å². The van der Waals surface area contributed by atoms with Gasteiger partial charge in [0.1, 0.15) is 0 Å². The summed E-state index contributed by atoms with van der Waals surface area (Å²) in [6.45, 7) is 5.05. The molecule has 1 atom stereocenters. The molecule has 0 aliphatic carbocycles. The number of hydrogen-bond acceptors (Lipinski definition) is 3. The molecule has 1 aliphatic heterocycles. The Morgan fingerprint density at radius 1 is 1.58 bits per heavy atom. The number of amides is 1. The van der Waals surface area contributed by atoms with Gasteiger partial charge in [0.05, 0.1) is 6.54 Å². The summed E-state index contributed by atoms with van der Waals surface area (Å²) >= 11 is 5.09. The van der Waals surface area contributed by atoms with E-state index in [1.54, 1.807) is 11.3 Å². The summed E-state index contributed by atoms with van der Waals surface area (Å²) in [4.78, 5) is 13.1. The highest BCUT2D eigenvalue weighted by atomic mass is 79.9. The zero-order valence-corrected chi connectivity index (χ0v) is 13.6. The van der Waals surface area contributed by atoms with Crippen LogP contribution in [-0.4, -0.2) is 19.0 Å². The monoisotopic (exact) mass is 344 g/mol. The van der Waals surface area contributed by atoms with Crippen molar-refractivity contribution in [3.05, 3.63) is 20.8 Å². The molecule has 0 saturated carbocycles. The maximum atomic E-state index is 11.9. The molecule has 3 nitrogen and oxygen atoms in total. The molecule has 5 heteroatoms. The number of thiophene rings is 1. The molecular weight excluding hydrogens is 324 g/mol. The standard InChI is InChI=1S/C14H21BrN2OS/c1-10(11-2-4-16-5-3-11)6-14(18)17-8-13-7-12(15)9-19-13/h7,9-11,16H,2-6,8H2,1H3,(H,17,18). The van der Waals surface area contributed by atoms with E-state index in [1.807, 2.05) is 5.38 Å². The van der Waals surface area contributed by atoms with E-state index in [4.69, 9.17) is 0 Å². The molecule has 0 spiro atoms. The lowest BCUT2D eigenvalue weighted by molar-refractivity contribution is -0.122. The first-order chi connectivity index (χ1) is 9.15. The van der Waals surface area contributed by atoms with Crippen LogP contribution in [0.25, 0.3) is 0 Å². The summed E-state index contributed by atoms with van der Waals surface area (Å²) in [5.74, 6) is 1.36. The van der Waals surface area contributed by atoms with E-state index >= 15 is 0 Å². The minimum Gasteiger partial charge on any atom is -0.351 e. The van der Waals surface area contributed by atoms with E-state index in [9.17, 15) is 4.79 Å². The Balaban J connectivity index is 1.71. The van der Waals surface area contributed by atoms with Gasteiger partial charge in [-0.15, -0.1) is 11.3 Å². The zero-order chi connectivity index (χ0) is 13.7. The van der Waals surface area contributed by atoms with Crippen LogP contribution in [0.1, 0.15) is 31.1 Å². The average Bonchev–Trinajstić information content (AvgIpc) is 2.83. The average molecular weight is 345 g/mol. The molecule has 1 aromatic heterocycles. The molecule has 0 aromatic carbocycles. The van der Waals surface area contributed by atoms with Gasteiger partial charge in [0, 0.05) is 21.2 Å². The van der Waals surface area contributed by atoms with Gasteiger partial charge in [0.25, 0.3) is 0 Å². The zero-order valence-electron chi connectivity index (χ0n) is 11.2. The van der Waals surface area contributed by atoms with Crippen LogP contribution in [0.2, 0.25) is 0 Å². The minimum absolute atomic E-state index is 0.176. The van der Waals surface area contributed by atoms with Gasteiger partial charge in [-0.2, -0.15) is 0 Å². The third-order valence-corrected chi connectivity index (χ3v) is 5.48. The van der Waals surface area contributed by atoms with E-state index in [0.717, 1.165) is 17.6 Å². The fourth-order valence-corrected chi connectivity index (χ4v) is 3.97. The molecule has 19 heavy (non-hydrogen) atoms. The molecule has 2 rings (SSSR count). The van der Waals surface area contributed by atoms with Crippen LogP contribution in [0.5, 0.6) is 0 Å². The normalized spacial score (nSPS) is 18.2. The van der Waals surface area contributed by atoms with Crippen molar-refractivity contribution in [2.45, 2.75) is 32.7 Å². The Hall–Kier alpha value is -0.390. The van der Waals surface area contributed by atoms with Crippen LogP contribution in [0.4, 0.5) is 0 Å². The SMILES string of the molecule is CC(CC(=O)NCc1cc(Br)cs1)C1CCNCC1. The maximum Gasteiger partial charge on any atom is 0.220 e. The Kier molecular flexibility index (Phi) is 5.85. The second kappa shape index (κ2) is 7.41. The van der Waals surface area contributed by atoms with Crippen LogP contribution in [-0.2, 0) is 11.3 Å². The molecular formula is C14H21BrN2OS. The van der Waals surface area contributed by atoms with Gasteiger partial charge < -0.3 is 10.6 Å². The van der Waals surface area contributed by atoms with Gasteiger partial charge in [-0.05, 0) is 59.8 Å². The highest BCUT2D eigenvalue weighted by Crippen LogP contribution is 2.24. The number of piperidine rings is 1. The number of nitrogens with one attached hydrogen (secondary N) is 2. The van der Waals surface area contributed by atoms with Crippen molar-refractivity contribution in [3.63, 3.8) is 0 Å². The second-order valence-corrected chi connectivity index (χ2v) is 7.19. The summed E-state index contributed by atoms with van der Waals surface area (Å²) in [5.41, 5.74) is 0. The van der Waals surface area contributed by atoms with Crippen molar-refractivity contribution < 1.29 is 4.79 Å². The van der Waals surface area contributed by atoms with Gasteiger partial charge in [-0.3, -0.25) is 4.79 Å². The summed E-state index contributed by atoms with van der Waals surface area (Å²) in [5, 5.41) is 8.43. The second-order valence-electron chi connectivity index (χ2n) is 5.28. The lowest BCUT2D eigenvalue weighted by Gasteiger charge is -2.27. The van der Waals surface area contributed by atoms with Gasteiger partial charge in [0.15, 0.2) is 0 Å². The number of rotatable bonds is 5. The molecule has 1 saturated heterocycles. The van der Waals surface area contributed by atoms with Crippen molar-refractivity contribution in [2.24, 2.45) is 11.8 Å². The number of hydrogen-bond donors (Lipinski definition) is 2. The van der Waals surface area contributed by atoms with Crippen molar-refractivity contribution in [2.75, 3.05) is 13.1 Å². The molecule has 2 heterocycles. The first kappa shape index (κ1) is 15.0.